The molecule has 0 bridgehead atoms. The SMILES string of the molecule is CCCNCc1cncc(Oc2cncc(Br)c2)c1. The van der Waals surface area contributed by atoms with Crippen molar-refractivity contribution in [1.82, 2.24) is 15.3 Å². The lowest BCUT2D eigenvalue weighted by Gasteiger charge is -2.07. The molecule has 0 aliphatic carbocycles. The van der Waals surface area contributed by atoms with Gasteiger partial charge in [-0.15, -0.1) is 0 Å². The molecule has 0 fully saturated rings. The molecule has 0 saturated carbocycles. The molecular weight excluding hydrogens is 306 g/mol. The molecule has 0 saturated heterocycles. The van der Waals surface area contributed by atoms with Crippen LogP contribution in [0.2, 0.25) is 0 Å². The van der Waals surface area contributed by atoms with Gasteiger partial charge < -0.3 is 10.1 Å². The van der Waals surface area contributed by atoms with E-state index in [9.17, 15) is 0 Å². The van der Waals surface area contributed by atoms with E-state index in [1.807, 2.05) is 18.3 Å². The predicted molar refractivity (Wildman–Crippen MR) is 78.2 cm³/mol. The van der Waals surface area contributed by atoms with Crippen LogP contribution < -0.4 is 10.1 Å². The Morgan fingerprint density at radius 3 is 2.58 bits per heavy atom. The Kier molecular flexibility index (Phi) is 5.30. The highest BCUT2D eigenvalue weighted by atomic mass is 79.9. The van der Waals surface area contributed by atoms with Crippen molar-refractivity contribution in [2.24, 2.45) is 0 Å². The molecule has 100 valence electrons. The second-order valence-electron chi connectivity index (χ2n) is 4.15. The van der Waals surface area contributed by atoms with Crippen molar-refractivity contribution in [3.8, 4) is 11.5 Å². The van der Waals surface area contributed by atoms with Crippen LogP contribution in [0.25, 0.3) is 0 Å². The number of aromatic nitrogens is 2. The van der Waals surface area contributed by atoms with Gasteiger partial charge in [-0.05, 0) is 46.6 Å². The van der Waals surface area contributed by atoms with Crippen LogP contribution in [-0.4, -0.2) is 16.5 Å². The summed E-state index contributed by atoms with van der Waals surface area (Å²) in [6, 6.07) is 3.85. The summed E-state index contributed by atoms with van der Waals surface area (Å²) in [5.41, 5.74) is 1.11. The summed E-state index contributed by atoms with van der Waals surface area (Å²) in [7, 11) is 0. The van der Waals surface area contributed by atoms with Gasteiger partial charge in [0.2, 0.25) is 0 Å². The maximum Gasteiger partial charge on any atom is 0.146 e. The molecule has 0 aliphatic heterocycles. The summed E-state index contributed by atoms with van der Waals surface area (Å²) in [6.07, 6.45) is 8.05. The van der Waals surface area contributed by atoms with E-state index in [4.69, 9.17) is 4.74 Å². The smallest absolute Gasteiger partial charge is 0.146 e. The molecule has 0 unspecified atom stereocenters. The third kappa shape index (κ3) is 4.61. The van der Waals surface area contributed by atoms with Crippen LogP contribution in [0.5, 0.6) is 11.5 Å². The summed E-state index contributed by atoms with van der Waals surface area (Å²) >= 11 is 3.36. The van der Waals surface area contributed by atoms with Crippen molar-refractivity contribution in [3.63, 3.8) is 0 Å². The van der Waals surface area contributed by atoms with E-state index in [0.717, 1.165) is 35.3 Å². The maximum absolute atomic E-state index is 5.72. The molecule has 0 radical (unpaired) electrons. The number of rotatable bonds is 6. The summed E-state index contributed by atoms with van der Waals surface area (Å²) in [6.45, 7) is 3.94. The second-order valence-corrected chi connectivity index (χ2v) is 5.06. The molecule has 2 aromatic rings. The summed E-state index contributed by atoms with van der Waals surface area (Å²) < 4.78 is 6.61. The van der Waals surface area contributed by atoms with Gasteiger partial charge in [-0.25, -0.2) is 0 Å². The fourth-order valence-electron chi connectivity index (χ4n) is 1.61. The minimum Gasteiger partial charge on any atom is -0.454 e. The third-order valence-electron chi connectivity index (χ3n) is 2.44. The molecule has 4 nitrogen and oxygen atoms in total. The highest BCUT2D eigenvalue weighted by Crippen LogP contribution is 2.23. The number of nitrogens with one attached hydrogen (secondary N) is 1. The zero-order valence-electron chi connectivity index (χ0n) is 10.8. The third-order valence-corrected chi connectivity index (χ3v) is 2.87. The summed E-state index contributed by atoms with van der Waals surface area (Å²) in [5.74, 6) is 1.41. The van der Waals surface area contributed by atoms with Crippen molar-refractivity contribution in [1.29, 1.82) is 0 Å². The molecule has 2 aromatic heterocycles. The van der Waals surface area contributed by atoms with Gasteiger partial charge in [0.25, 0.3) is 0 Å². The van der Waals surface area contributed by atoms with Crippen molar-refractivity contribution < 1.29 is 4.74 Å². The predicted octanol–water partition coefficient (Wildman–Crippen LogP) is 3.53. The van der Waals surface area contributed by atoms with Crippen LogP contribution in [0, 0.1) is 0 Å². The molecule has 19 heavy (non-hydrogen) atoms. The molecule has 2 heterocycles. The molecule has 1 N–H and O–H groups in total. The molecular formula is C14H16BrN3O. The first kappa shape index (κ1) is 14.0. The fourth-order valence-corrected chi connectivity index (χ4v) is 1.95. The first-order valence-electron chi connectivity index (χ1n) is 6.21. The molecule has 0 spiro atoms. The standard InChI is InChI=1S/C14H16BrN3O/c1-2-3-16-6-11-4-13(9-17-7-11)19-14-5-12(15)8-18-10-14/h4-5,7-10,16H,2-3,6H2,1H3. The zero-order chi connectivity index (χ0) is 13.5. The van der Waals surface area contributed by atoms with Crippen LogP contribution in [-0.2, 0) is 6.54 Å². The van der Waals surface area contributed by atoms with Crippen LogP contribution in [0.4, 0.5) is 0 Å². The fraction of sp³-hybridized carbons (Fsp3) is 0.286. The van der Waals surface area contributed by atoms with Crippen molar-refractivity contribution in [2.45, 2.75) is 19.9 Å². The molecule has 0 amide bonds. The molecule has 0 aromatic carbocycles. The minimum absolute atomic E-state index is 0.690. The number of pyridine rings is 2. The number of ether oxygens (including phenoxy) is 1. The molecule has 5 heteroatoms. The van der Waals surface area contributed by atoms with Gasteiger partial charge in [0, 0.05) is 23.4 Å². The first-order chi connectivity index (χ1) is 9.28. The van der Waals surface area contributed by atoms with Gasteiger partial charge >= 0.3 is 0 Å². The van der Waals surface area contributed by atoms with Crippen LogP contribution in [0.15, 0.2) is 41.4 Å². The highest BCUT2D eigenvalue weighted by molar-refractivity contribution is 9.10. The van der Waals surface area contributed by atoms with Gasteiger partial charge in [0.05, 0.1) is 12.4 Å². The largest absolute Gasteiger partial charge is 0.454 e. The van der Waals surface area contributed by atoms with E-state index < -0.39 is 0 Å². The summed E-state index contributed by atoms with van der Waals surface area (Å²) in [5, 5.41) is 3.34. The first-order valence-corrected chi connectivity index (χ1v) is 7.00. The minimum atomic E-state index is 0.690. The average Bonchev–Trinajstić information content (AvgIpc) is 2.39. The normalized spacial score (nSPS) is 10.4. The lowest BCUT2D eigenvalue weighted by molar-refractivity contribution is 0.476. The van der Waals surface area contributed by atoms with Gasteiger partial charge in [-0.2, -0.15) is 0 Å². The van der Waals surface area contributed by atoms with E-state index in [1.54, 1.807) is 18.6 Å². The topological polar surface area (TPSA) is 47.0 Å². The van der Waals surface area contributed by atoms with Crippen LogP contribution in [0.3, 0.4) is 0 Å². The van der Waals surface area contributed by atoms with E-state index in [-0.39, 0.29) is 0 Å². The van der Waals surface area contributed by atoms with E-state index in [0.29, 0.717) is 5.75 Å². The molecule has 0 aliphatic rings. The van der Waals surface area contributed by atoms with E-state index in [1.165, 1.54) is 0 Å². The Morgan fingerprint density at radius 1 is 1.11 bits per heavy atom. The Balaban J connectivity index is 2.02. The van der Waals surface area contributed by atoms with E-state index in [2.05, 4.69) is 38.1 Å². The lowest BCUT2D eigenvalue weighted by Crippen LogP contribution is -2.13. The lowest BCUT2D eigenvalue weighted by atomic mass is 10.2. The Bertz CT molecular complexity index is 534. The number of hydrogen-bond donors (Lipinski definition) is 1. The number of nitrogens with zero attached hydrogens (tertiary/aromatic N) is 2. The van der Waals surface area contributed by atoms with Crippen molar-refractivity contribution in [3.05, 3.63) is 47.0 Å². The monoisotopic (exact) mass is 321 g/mol. The Morgan fingerprint density at radius 2 is 1.84 bits per heavy atom. The summed E-state index contributed by atoms with van der Waals surface area (Å²) in [4.78, 5) is 8.24. The van der Waals surface area contributed by atoms with Crippen molar-refractivity contribution in [2.75, 3.05) is 6.54 Å². The Labute approximate surface area is 121 Å². The number of halogens is 1. The quantitative estimate of drug-likeness (QED) is 0.827. The highest BCUT2D eigenvalue weighted by Gasteiger charge is 2.01. The van der Waals surface area contributed by atoms with Gasteiger partial charge in [0.15, 0.2) is 0 Å². The average molecular weight is 322 g/mol. The van der Waals surface area contributed by atoms with Gasteiger partial charge in [-0.3, -0.25) is 9.97 Å². The van der Waals surface area contributed by atoms with Gasteiger partial charge in [-0.1, -0.05) is 6.92 Å². The van der Waals surface area contributed by atoms with Crippen molar-refractivity contribution >= 4 is 15.9 Å². The second kappa shape index (κ2) is 7.21. The van der Waals surface area contributed by atoms with Crippen LogP contribution >= 0.6 is 15.9 Å². The zero-order valence-corrected chi connectivity index (χ0v) is 12.4. The van der Waals surface area contributed by atoms with Gasteiger partial charge in [0.1, 0.15) is 11.5 Å². The molecule has 2 rings (SSSR count). The maximum atomic E-state index is 5.72. The van der Waals surface area contributed by atoms with E-state index >= 15 is 0 Å². The number of hydrogen-bond acceptors (Lipinski definition) is 4. The Hall–Kier alpha value is -1.46. The molecule has 0 atom stereocenters. The van der Waals surface area contributed by atoms with Crippen LogP contribution in [0.1, 0.15) is 18.9 Å².